The van der Waals surface area contributed by atoms with Crippen LogP contribution in [0.1, 0.15) is 25.3 Å². The van der Waals surface area contributed by atoms with Crippen LogP contribution in [-0.2, 0) is 6.42 Å². The van der Waals surface area contributed by atoms with Crippen LogP contribution in [0.25, 0.3) is 0 Å². The largest absolute Gasteiger partial charge is 0.481 e. The SMILES string of the molecule is CCc1cnc(OC2CCN(c3nccc(OC)n3)CC2)nc1. The van der Waals surface area contributed by atoms with Crippen molar-refractivity contribution in [1.29, 1.82) is 0 Å². The second-order valence-corrected chi connectivity index (χ2v) is 5.43. The Morgan fingerprint density at radius 1 is 1.17 bits per heavy atom. The third kappa shape index (κ3) is 3.85. The Kier molecular flexibility index (Phi) is 4.85. The molecule has 1 aliphatic heterocycles. The van der Waals surface area contributed by atoms with Gasteiger partial charge in [0.05, 0.1) is 7.11 Å². The van der Waals surface area contributed by atoms with Gasteiger partial charge in [-0.3, -0.25) is 0 Å². The van der Waals surface area contributed by atoms with Gasteiger partial charge in [0.1, 0.15) is 6.10 Å². The van der Waals surface area contributed by atoms with Crippen molar-refractivity contribution < 1.29 is 9.47 Å². The normalized spacial score (nSPS) is 15.5. The summed E-state index contributed by atoms with van der Waals surface area (Å²) in [4.78, 5) is 19.3. The lowest BCUT2D eigenvalue weighted by atomic mass is 10.1. The number of nitrogens with zero attached hydrogens (tertiary/aromatic N) is 5. The highest BCUT2D eigenvalue weighted by atomic mass is 16.5. The van der Waals surface area contributed by atoms with Crippen LogP contribution in [-0.4, -0.2) is 46.2 Å². The minimum atomic E-state index is 0.129. The van der Waals surface area contributed by atoms with Crippen molar-refractivity contribution in [2.75, 3.05) is 25.1 Å². The van der Waals surface area contributed by atoms with Gasteiger partial charge in [-0.05, 0) is 12.0 Å². The molecule has 3 heterocycles. The van der Waals surface area contributed by atoms with Crippen molar-refractivity contribution in [3.8, 4) is 11.9 Å². The third-order valence-electron chi connectivity index (χ3n) is 3.91. The van der Waals surface area contributed by atoms with Crippen LogP contribution in [0.5, 0.6) is 11.9 Å². The molecule has 0 amide bonds. The van der Waals surface area contributed by atoms with E-state index in [2.05, 4.69) is 31.8 Å². The van der Waals surface area contributed by atoms with E-state index in [1.54, 1.807) is 19.4 Å². The number of methoxy groups -OCH3 is 1. The first-order valence-electron chi connectivity index (χ1n) is 7.88. The number of hydrogen-bond donors (Lipinski definition) is 0. The molecule has 122 valence electrons. The highest BCUT2D eigenvalue weighted by Gasteiger charge is 2.23. The summed E-state index contributed by atoms with van der Waals surface area (Å²) in [6, 6.07) is 2.20. The molecule has 0 saturated carbocycles. The van der Waals surface area contributed by atoms with Gasteiger partial charge in [0.25, 0.3) is 0 Å². The molecule has 0 aliphatic carbocycles. The van der Waals surface area contributed by atoms with Crippen molar-refractivity contribution in [1.82, 2.24) is 19.9 Å². The molecule has 0 radical (unpaired) electrons. The molecule has 0 spiro atoms. The molecule has 3 rings (SSSR count). The zero-order chi connectivity index (χ0) is 16.1. The van der Waals surface area contributed by atoms with Crippen molar-refractivity contribution >= 4 is 5.95 Å². The van der Waals surface area contributed by atoms with E-state index in [0.29, 0.717) is 17.8 Å². The van der Waals surface area contributed by atoms with E-state index < -0.39 is 0 Å². The summed E-state index contributed by atoms with van der Waals surface area (Å²) in [5.41, 5.74) is 1.11. The Bertz CT molecular complexity index is 627. The smallest absolute Gasteiger partial charge is 0.316 e. The summed E-state index contributed by atoms with van der Waals surface area (Å²) < 4.78 is 11.0. The van der Waals surface area contributed by atoms with Crippen molar-refractivity contribution in [2.45, 2.75) is 32.3 Å². The number of ether oxygens (including phenoxy) is 2. The van der Waals surface area contributed by atoms with Gasteiger partial charge in [-0.2, -0.15) is 4.98 Å². The Hall–Kier alpha value is -2.44. The number of aryl methyl sites for hydroxylation is 1. The quantitative estimate of drug-likeness (QED) is 0.834. The molecule has 1 aliphatic rings. The van der Waals surface area contributed by atoms with E-state index in [0.717, 1.165) is 37.9 Å². The fourth-order valence-corrected chi connectivity index (χ4v) is 2.51. The van der Waals surface area contributed by atoms with E-state index in [4.69, 9.17) is 9.47 Å². The van der Waals surface area contributed by atoms with Crippen LogP contribution >= 0.6 is 0 Å². The van der Waals surface area contributed by atoms with Crippen LogP contribution in [0.4, 0.5) is 5.95 Å². The monoisotopic (exact) mass is 315 g/mol. The Balaban J connectivity index is 1.55. The van der Waals surface area contributed by atoms with Crippen molar-refractivity contribution in [3.05, 3.63) is 30.2 Å². The van der Waals surface area contributed by atoms with Gasteiger partial charge in [-0.25, -0.2) is 15.0 Å². The second-order valence-electron chi connectivity index (χ2n) is 5.43. The van der Waals surface area contributed by atoms with Crippen LogP contribution < -0.4 is 14.4 Å². The fourth-order valence-electron chi connectivity index (χ4n) is 2.51. The predicted molar refractivity (Wildman–Crippen MR) is 85.9 cm³/mol. The van der Waals surface area contributed by atoms with Crippen molar-refractivity contribution in [2.24, 2.45) is 0 Å². The molecule has 23 heavy (non-hydrogen) atoms. The molecule has 7 heteroatoms. The van der Waals surface area contributed by atoms with Gasteiger partial charge in [0.2, 0.25) is 11.8 Å². The summed E-state index contributed by atoms with van der Waals surface area (Å²) in [5.74, 6) is 1.28. The van der Waals surface area contributed by atoms with E-state index in [1.807, 2.05) is 12.4 Å². The first-order valence-corrected chi connectivity index (χ1v) is 7.88. The summed E-state index contributed by atoms with van der Waals surface area (Å²) in [5, 5.41) is 0. The maximum absolute atomic E-state index is 5.87. The molecular formula is C16H21N5O2. The van der Waals surface area contributed by atoms with Crippen LogP contribution in [0.15, 0.2) is 24.7 Å². The van der Waals surface area contributed by atoms with Gasteiger partial charge in [0, 0.05) is 50.6 Å². The maximum Gasteiger partial charge on any atom is 0.316 e. The molecule has 2 aromatic heterocycles. The molecule has 7 nitrogen and oxygen atoms in total. The number of anilines is 1. The van der Waals surface area contributed by atoms with Gasteiger partial charge in [0.15, 0.2) is 0 Å². The lowest BCUT2D eigenvalue weighted by molar-refractivity contribution is 0.156. The summed E-state index contributed by atoms with van der Waals surface area (Å²) >= 11 is 0. The molecule has 0 unspecified atom stereocenters. The average molecular weight is 315 g/mol. The summed E-state index contributed by atoms with van der Waals surface area (Å²) in [7, 11) is 1.61. The number of hydrogen-bond acceptors (Lipinski definition) is 7. The Labute approximate surface area is 135 Å². The summed E-state index contributed by atoms with van der Waals surface area (Å²) in [6.07, 6.45) is 8.19. The van der Waals surface area contributed by atoms with E-state index in [9.17, 15) is 0 Å². The number of aromatic nitrogens is 4. The topological polar surface area (TPSA) is 73.3 Å². The maximum atomic E-state index is 5.87. The highest BCUT2D eigenvalue weighted by molar-refractivity contribution is 5.32. The molecule has 0 atom stereocenters. The minimum Gasteiger partial charge on any atom is -0.481 e. The van der Waals surface area contributed by atoms with E-state index >= 15 is 0 Å². The van der Waals surface area contributed by atoms with E-state index in [-0.39, 0.29) is 6.10 Å². The molecule has 0 aromatic carbocycles. The third-order valence-corrected chi connectivity index (χ3v) is 3.91. The molecule has 2 aromatic rings. The number of rotatable bonds is 5. The van der Waals surface area contributed by atoms with Crippen LogP contribution in [0, 0.1) is 0 Å². The zero-order valence-electron chi connectivity index (χ0n) is 13.5. The zero-order valence-corrected chi connectivity index (χ0v) is 13.5. The standard InChI is InChI=1S/C16H21N5O2/c1-3-12-10-18-16(19-11-12)23-13-5-8-21(9-6-13)15-17-7-4-14(20-15)22-2/h4,7,10-11,13H,3,5-6,8-9H2,1-2H3. The lowest BCUT2D eigenvalue weighted by Crippen LogP contribution is -2.39. The summed E-state index contributed by atoms with van der Waals surface area (Å²) in [6.45, 7) is 3.76. The fraction of sp³-hybridized carbons (Fsp3) is 0.500. The minimum absolute atomic E-state index is 0.129. The first kappa shape index (κ1) is 15.5. The highest BCUT2D eigenvalue weighted by Crippen LogP contribution is 2.20. The van der Waals surface area contributed by atoms with Gasteiger partial charge < -0.3 is 14.4 Å². The van der Waals surface area contributed by atoms with Gasteiger partial charge in [-0.15, -0.1) is 0 Å². The predicted octanol–water partition coefficient (Wildman–Crippen LogP) is 1.89. The first-order chi connectivity index (χ1) is 11.3. The van der Waals surface area contributed by atoms with Crippen LogP contribution in [0.3, 0.4) is 0 Å². The molecule has 1 saturated heterocycles. The van der Waals surface area contributed by atoms with Crippen molar-refractivity contribution in [3.63, 3.8) is 0 Å². The van der Waals surface area contributed by atoms with Gasteiger partial charge in [-0.1, -0.05) is 6.92 Å². The average Bonchev–Trinajstić information content (AvgIpc) is 2.63. The Morgan fingerprint density at radius 2 is 1.91 bits per heavy atom. The lowest BCUT2D eigenvalue weighted by Gasteiger charge is -2.31. The van der Waals surface area contributed by atoms with E-state index in [1.165, 1.54) is 0 Å². The molecule has 0 bridgehead atoms. The van der Waals surface area contributed by atoms with Crippen LogP contribution in [0.2, 0.25) is 0 Å². The second kappa shape index (κ2) is 7.21. The number of piperidine rings is 1. The molecule has 0 N–H and O–H groups in total. The Morgan fingerprint density at radius 3 is 2.57 bits per heavy atom. The molecule has 1 fully saturated rings. The molecular weight excluding hydrogens is 294 g/mol. The van der Waals surface area contributed by atoms with Gasteiger partial charge >= 0.3 is 6.01 Å².